The summed E-state index contributed by atoms with van der Waals surface area (Å²) in [6.07, 6.45) is 12.6. The van der Waals surface area contributed by atoms with Crippen molar-refractivity contribution in [2.45, 2.75) is 130 Å². The molecule has 230 valence electrons. The van der Waals surface area contributed by atoms with E-state index in [0.29, 0.717) is 18.4 Å². The Labute approximate surface area is 253 Å². The molecule has 0 amide bonds. The van der Waals surface area contributed by atoms with Gasteiger partial charge in [-0.1, -0.05) is 98.5 Å². The van der Waals surface area contributed by atoms with Crippen molar-refractivity contribution >= 4 is 5.57 Å². The van der Waals surface area contributed by atoms with Crippen LogP contribution in [0.4, 0.5) is 4.39 Å². The van der Waals surface area contributed by atoms with E-state index in [-0.39, 0.29) is 7.34 Å². The van der Waals surface area contributed by atoms with Crippen molar-refractivity contribution < 1.29 is 10.9 Å². The predicted molar refractivity (Wildman–Crippen MR) is 179 cm³/mol. The molecule has 4 unspecified atom stereocenters. The van der Waals surface area contributed by atoms with Crippen LogP contribution >= 0.6 is 0 Å². The molecule has 2 N–H and O–H groups in total. The molecule has 41 heavy (non-hydrogen) atoms. The molecule has 0 saturated heterocycles. The van der Waals surface area contributed by atoms with E-state index >= 15 is 0 Å². The monoisotopic (exact) mass is 565 g/mol. The topological polar surface area (TPSA) is 32.3 Å². The van der Waals surface area contributed by atoms with E-state index < -0.39 is 11.4 Å². The largest absolute Gasteiger partial charge is 0.376 e. The molecule has 0 radical (unpaired) electrons. The number of hydrogen-bond acceptors (Lipinski definition) is 2. The van der Waals surface area contributed by atoms with Gasteiger partial charge in [-0.25, -0.2) is 4.39 Å². The third kappa shape index (κ3) is 10.8. The summed E-state index contributed by atoms with van der Waals surface area (Å²) in [6.45, 7) is 22.0. The number of rotatable bonds is 14. The van der Waals surface area contributed by atoms with Gasteiger partial charge in [-0.3, -0.25) is 5.32 Å². The summed E-state index contributed by atoms with van der Waals surface area (Å²) in [6, 6.07) is 14.7. The molecule has 0 heterocycles. The fourth-order valence-corrected chi connectivity index (χ4v) is 6.23. The number of aryl methyl sites for hydroxylation is 3. The van der Waals surface area contributed by atoms with E-state index in [2.05, 4.69) is 57.4 Å². The first kappa shape index (κ1) is 35.0. The number of hydrogen-bond donors (Lipinski definition) is 2. The summed E-state index contributed by atoms with van der Waals surface area (Å²) >= 11 is 0. The lowest BCUT2D eigenvalue weighted by Crippen LogP contribution is -2.54. The van der Waals surface area contributed by atoms with Gasteiger partial charge in [-0.15, -0.1) is 6.58 Å². The zero-order valence-corrected chi connectivity index (χ0v) is 27.2. The van der Waals surface area contributed by atoms with Crippen molar-refractivity contribution in [2.75, 3.05) is 0 Å². The van der Waals surface area contributed by atoms with Crippen LogP contribution in [0.3, 0.4) is 0 Å². The molecule has 3 rings (SSSR count). The summed E-state index contributed by atoms with van der Waals surface area (Å²) in [7, 11) is 0. The Bertz CT molecular complexity index is 1090. The first-order valence-corrected chi connectivity index (χ1v) is 16.0. The van der Waals surface area contributed by atoms with Gasteiger partial charge in [-0.05, 0) is 109 Å². The SMILES string of the molecule is C=CCCC(CCC)C(C)(O)N[C@H]1CCCC1CCc1cc(C)ccc1C(=C)C.CCC(C)(F)c1ccc(C)cc1.[HH]. The molecule has 1 saturated carbocycles. The lowest BCUT2D eigenvalue weighted by atomic mass is 9.85. The molecule has 3 heteroatoms. The van der Waals surface area contributed by atoms with Crippen LogP contribution in [0, 0.1) is 25.7 Å². The van der Waals surface area contributed by atoms with Gasteiger partial charge < -0.3 is 5.11 Å². The van der Waals surface area contributed by atoms with E-state index in [0.717, 1.165) is 43.2 Å². The minimum atomic E-state index is -1.17. The standard InChI is InChI=1S/C27H43NO.C11H15F.H2/c1-7-9-13-24(11-8-2)27(6,29)28-26-14-10-12-22(26)16-17-23-19-21(5)15-18-25(23)20(3)4;1-4-11(3,12)10-7-5-9(2)6-8-10;/h7,15,18-19,22,24,26,28-29H,1,3,8-14,16-17H2,2,4-6H3;5-8H,4H2,1-3H3;1H/t22?,24?,26-,27?;;/m0../s1. The minimum absolute atomic E-state index is 0. The van der Waals surface area contributed by atoms with Crippen molar-refractivity contribution in [2.24, 2.45) is 11.8 Å². The van der Waals surface area contributed by atoms with Crippen LogP contribution in [0.2, 0.25) is 0 Å². The molecule has 2 aromatic rings. The minimum Gasteiger partial charge on any atom is -0.376 e. The number of allylic oxidation sites excluding steroid dienone is 2. The van der Waals surface area contributed by atoms with Gasteiger partial charge in [0, 0.05) is 13.4 Å². The zero-order chi connectivity index (χ0) is 30.6. The molecule has 0 aromatic heterocycles. The molecule has 0 spiro atoms. The van der Waals surface area contributed by atoms with Crippen LogP contribution in [-0.2, 0) is 12.1 Å². The van der Waals surface area contributed by atoms with Crippen LogP contribution in [0.15, 0.2) is 61.7 Å². The van der Waals surface area contributed by atoms with E-state index in [9.17, 15) is 9.50 Å². The smallest absolute Gasteiger partial charge is 0.133 e. The van der Waals surface area contributed by atoms with Crippen molar-refractivity contribution in [3.8, 4) is 0 Å². The lowest BCUT2D eigenvalue weighted by molar-refractivity contribution is -0.0522. The Morgan fingerprint density at radius 1 is 1.10 bits per heavy atom. The molecule has 1 aliphatic carbocycles. The van der Waals surface area contributed by atoms with E-state index in [1.165, 1.54) is 47.9 Å². The highest BCUT2D eigenvalue weighted by atomic mass is 19.1. The van der Waals surface area contributed by atoms with E-state index in [1.54, 1.807) is 6.92 Å². The van der Waals surface area contributed by atoms with Crippen LogP contribution < -0.4 is 5.32 Å². The molecule has 2 aromatic carbocycles. The molecule has 2 nitrogen and oxygen atoms in total. The second kappa shape index (κ2) is 16.4. The Morgan fingerprint density at radius 2 is 1.76 bits per heavy atom. The number of halogens is 1. The van der Waals surface area contributed by atoms with Crippen LogP contribution in [0.25, 0.3) is 5.57 Å². The van der Waals surface area contributed by atoms with Gasteiger partial charge in [0.25, 0.3) is 0 Å². The van der Waals surface area contributed by atoms with Gasteiger partial charge in [-0.2, -0.15) is 0 Å². The first-order chi connectivity index (χ1) is 19.3. The Hall–Kier alpha value is -2.23. The van der Waals surface area contributed by atoms with Gasteiger partial charge in [0.05, 0.1) is 0 Å². The van der Waals surface area contributed by atoms with Crippen molar-refractivity contribution in [3.63, 3.8) is 0 Å². The fraction of sp³-hybridized carbons (Fsp3) is 0.579. The van der Waals surface area contributed by atoms with Crippen molar-refractivity contribution in [3.05, 3.63) is 89.5 Å². The highest BCUT2D eigenvalue weighted by molar-refractivity contribution is 5.65. The Kier molecular flexibility index (Phi) is 14.0. The third-order valence-corrected chi connectivity index (χ3v) is 9.11. The predicted octanol–water partition coefficient (Wildman–Crippen LogP) is 10.6. The van der Waals surface area contributed by atoms with E-state index in [4.69, 9.17) is 0 Å². The number of alkyl halides is 1. The maximum Gasteiger partial charge on any atom is 0.133 e. The second-order valence-corrected chi connectivity index (χ2v) is 12.8. The second-order valence-electron chi connectivity index (χ2n) is 12.8. The molecule has 1 aliphatic rings. The van der Waals surface area contributed by atoms with E-state index in [1.807, 2.05) is 51.1 Å². The lowest BCUT2D eigenvalue weighted by Gasteiger charge is -2.38. The van der Waals surface area contributed by atoms with Gasteiger partial charge >= 0.3 is 0 Å². The number of benzene rings is 2. The van der Waals surface area contributed by atoms with Crippen LogP contribution in [-0.4, -0.2) is 16.9 Å². The fourth-order valence-electron chi connectivity index (χ4n) is 6.23. The third-order valence-electron chi connectivity index (χ3n) is 9.11. The van der Waals surface area contributed by atoms with Crippen molar-refractivity contribution in [1.29, 1.82) is 0 Å². The molecule has 1 fully saturated rings. The molecule has 0 aliphatic heterocycles. The summed E-state index contributed by atoms with van der Waals surface area (Å²) in [4.78, 5) is 0. The number of nitrogens with one attached hydrogen (secondary N) is 1. The summed E-state index contributed by atoms with van der Waals surface area (Å²) < 4.78 is 13.7. The van der Waals surface area contributed by atoms with Crippen LogP contribution in [0.5, 0.6) is 0 Å². The summed E-state index contributed by atoms with van der Waals surface area (Å²) in [5.74, 6) is 0.903. The van der Waals surface area contributed by atoms with Gasteiger partial charge in [0.1, 0.15) is 11.4 Å². The Morgan fingerprint density at radius 3 is 2.34 bits per heavy atom. The average molecular weight is 566 g/mol. The van der Waals surface area contributed by atoms with Gasteiger partial charge in [0.15, 0.2) is 0 Å². The molecular formula is C38H60FNO. The summed E-state index contributed by atoms with van der Waals surface area (Å²) in [5, 5.41) is 15.0. The molecule has 5 atom stereocenters. The highest BCUT2D eigenvalue weighted by Crippen LogP contribution is 2.34. The maximum atomic E-state index is 13.7. The first-order valence-electron chi connectivity index (χ1n) is 16.0. The average Bonchev–Trinajstić information content (AvgIpc) is 3.36. The summed E-state index contributed by atoms with van der Waals surface area (Å²) in [5.41, 5.74) is 5.16. The van der Waals surface area contributed by atoms with Crippen LogP contribution in [0.1, 0.15) is 122 Å². The maximum absolute atomic E-state index is 13.7. The Balaban J connectivity index is 0.000000569. The zero-order valence-electron chi connectivity index (χ0n) is 27.2. The highest BCUT2D eigenvalue weighted by Gasteiger charge is 2.37. The quantitative estimate of drug-likeness (QED) is 0.176. The number of aliphatic hydroxyl groups is 1. The van der Waals surface area contributed by atoms with Gasteiger partial charge in [0.2, 0.25) is 0 Å². The normalized spacial score (nSPS) is 20.3. The molecule has 0 bridgehead atoms. The van der Waals surface area contributed by atoms with Crippen molar-refractivity contribution in [1.82, 2.24) is 5.32 Å². The molecular weight excluding hydrogens is 505 g/mol.